The second-order valence-electron chi connectivity index (χ2n) is 6.87. The molecular weight excluding hydrogens is 386 g/mol. The zero-order chi connectivity index (χ0) is 19.6. The van der Waals surface area contributed by atoms with Crippen LogP contribution in [0.1, 0.15) is 13.3 Å². The van der Waals surface area contributed by atoms with Crippen LogP contribution in [0.4, 0.5) is 5.69 Å². The van der Waals surface area contributed by atoms with Crippen LogP contribution in [0.2, 0.25) is 0 Å². The number of ether oxygens (including phenoxy) is 3. The molecule has 2 fully saturated rings. The molecule has 0 aromatic heterocycles. The van der Waals surface area contributed by atoms with Crippen LogP contribution in [0.3, 0.4) is 0 Å². The highest BCUT2D eigenvalue weighted by atomic mass is 35.5. The summed E-state index contributed by atoms with van der Waals surface area (Å²) >= 11 is 0. The Balaban J connectivity index is 0.00000280. The highest BCUT2D eigenvalue weighted by Gasteiger charge is 2.39. The van der Waals surface area contributed by atoms with Gasteiger partial charge >= 0.3 is 0 Å². The second-order valence-corrected chi connectivity index (χ2v) is 6.87. The summed E-state index contributed by atoms with van der Waals surface area (Å²) in [5.41, 5.74) is 0.637. The molecule has 9 heteroatoms. The van der Waals surface area contributed by atoms with Gasteiger partial charge in [-0.2, -0.15) is 0 Å². The van der Waals surface area contributed by atoms with Crippen molar-refractivity contribution in [2.24, 2.45) is 5.92 Å². The first-order valence-electron chi connectivity index (χ1n) is 9.11. The summed E-state index contributed by atoms with van der Waals surface area (Å²) in [7, 11) is 4.60. The lowest BCUT2D eigenvalue weighted by Gasteiger charge is -2.35. The van der Waals surface area contributed by atoms with Gasteiger partial charge in [0.15, 0.2) is 11.5 Å². The van der Waals surface area contributed by atoms with E-state index in [4.69, 9.17) is 14.2 Å². The Kier molecular flexibility index (Phi) is 7.37. The molecule has 2 saturated heterocycles. The van der Waals surface area contributed by atoms with Gasteiger partial charge in [-0.25, -0.2) is 0 Å². The molecular formula is C19H28ClN3O5. The van der Waals surface area contributed by atoms with Gasteiger partial charge in [0.2, 0.25) is 17.6 Å². The number of nitrogens with one attached hydrogen (secondary N) is 1. The zero-order valence-corrected chi connectivity index (χ0v) is 17.5. The largest absolute Gasteiger partial charge is 0.493 e. The zero-order valence-electron chi connectivity index (χ0n) is 16.7. The summed E-state index contributed by atoms with van der Waals surface area (Å²) in [4.78, 5) is 29.1. The topological polar surface area (TPSA) is 80.3 Å². The number of carbonyl (C=O) groups is 2. The normalized spacial score (nSPS) is 21.9. The van der Waals surface area contributed by atoms with Crippen LogP contribution in [0.5, 0.6) is 17.2 Å². The van der Waals surface area contributed by atoms with Crippen LogP contribution in [-0.4, -0.2) is 70.3 Å². The van der Waals surface area contributed by atoms with Crippen molar-refractivity contribution in [2.75, 3.05) is 52.4 Å². The number of amides is 2. The van der Waals surface area contributed by atoms with Crippen LogP contribution >= 0.6 is 12.4 Å². The lowest BCUT2D eigenvalue weighted by molar-refractivity contribution is -0.138. The molecule has 0 aliphatic carbocycles. The van der Waals surface area contributed by atoms with E-state index in [9.17, 15) is 9.59 Å². The van der Waals surface area contributed by atoms with Gasteiger partial charge in [-0.05, 0) is 6.92 Å². The minimum atomic E-state index is -0.336. The number of rotatable bonds is 5. The smallest absolute Gasteiger partial charge is 0.228 e. The van der Waals surface area contributed by atoms with Crippen LogP contribution < -0.4 is 24.4 Å². The number of halogens is 1. The highest BCUT2D eigenvalue weighted by Crippen LogP contribution is 2.42. The highest BCUT2D eigenvalue weighted by molar-refractivity contribution is 6.00. The van der Waals surface area contributed by atoms with Crippen LogP contribution in [0.25, 0.3) is 0 Å². The Morgan fingerprint density at radius 3 is 2.32 bits per heavy atom. The summed E-state index contributed by atoms with van der Waals surface area (Å²) < 4.78 is 16.1. The molecule has 28 heavy (non-hydrogen) atoms. The number of carbonyl (C=O) groups excluding carboxylic acids is 2. The fourth-order valence-electron chi connectivity index (χ4n) is 3.75. The minimum Gasteiger partial charge on any atom is -0.493 e. The van der Waals surface area contributed by atoms with E-state index in [1.807, 2.05) is 11.8 Å². The standard InChI is InChI=1S/C19H27N3O5.ClH/c1-12-10-20-5-6-21(12)19(24)13-7-17(23)22(11-13)14-8-15(25-2)18(27-4)16(9-14)26-3;/h8-9,12-13,20H,5-7,10-11H2,1-4H3;1H. The van der Waals surface area contributed by atoms with Gasteiger partial charge in [0.25, 0.3) is 0 Å². The lowest BCUT2D eigenvalue weighted by atomic mass is 10.1. The number of anilines is 1. The second kappa shape index (κ2) is 9.34. The van der Waals surface area contributed by atoms with E-state index in [2.05, 4.69) is 5.32 Å². The summed E-state index contributed by atoms with van der Waals surface area (Å²) in [6, 6.07) is 3.61. The maximum Gasteiger partial charge on any atom is 0.228 e. The number of piperazine rings is 1. The van der Waals surface area contributed by atoms with Gasteiger partial charge in [0.1, 0.15) is 0 Å². The third-order valence-electron chi connectivity index (χ3n) is 5.22. The molecule has 0 spiro atoms. The molecule has 0 saturated carbocycles. The Morgan fingerprint density at radius 1 is 1.14 bits per heavy atom. The van der Waals surface area contributed by atoms with E-state index in [-0.39, 0.29) is 42.6 Å². The molecule has 3 rings (SSSR count). The number of hydrogen-bond donors (Lipinski definition) is 1. The van der Waals surface area contributed by atoms with E-state index >= 15 is 0 Å². The molecule has 2 aliphatic heterocycles. The minimum absolute atomic E-state index is 0. The Morgan fingerprint density at radius 2 is 1.79 bits per heavy atom. The van der Waals surface area contributed by atoms with Gasteiger partial charge in [-0.15, -0.1) is 12.4 Å². The molecule has 2 unspecified atom stereocenters. The summed E-state index contributed by atoms with van der Waals surface area (Å²) in [6.45, 7) is 4.62. The maximum atomic E-state index is 12.9. The number of nitrogens with zero attached hydrogens (tertiary/aromatic N) is 2. The van der Waals surface area contributed by atoms with E-state index < -0.39 is 0 Å². The van der Waals surface area contributed by atoms with Gasteiger partial charge < -0.3 is 29.3 Å². The summed E-state index contributed by atoms with van der Waals surface area (Å²) in [5, 5.41) is 3.28. The van der Waals surface area contributed by atoms with Gasteiger partial charge in [0.05, 0.1) is 32.9 Å². The first-order chi connectivity index (χ1) is 13.0. The molecule has 1 aromatic rings. The summed E-state index contributed by atoms with van der Waals surface area (Å²) in [6.07, 6.45) is 0.214. The van der Waals surface area contributed by atoms with Crippen molar-refractivity contribution in [1.29, 1.82) is 0 Å². The predicted molar refractivity (Wildman–Crippen MR) is 108 cm³/mol. The quantitative estimate of drug-likeness (QED) is 0.784. The molecule has 2 aliphatic rings. The van der Waals surface area contributed by atoms with E-state index in [1.165, 1.54) is 21.3 Å². The van der Waals surface area contributed by atoms with Gasteiger partial charge in [-0.1, -0.05) is 0 Å². The Labute approximate surface area is 171 Å². The van der Waals surface area contributed by atoms with Crippen molar-refractivity contribution >= 4 is 29.9 Å². The average Bonchev–Trinajstić information content (AvgIpc) is 3.08. The number of hydrogen-bond acceptors (Lipinski definition) is 6. The average molecular weight is 414 g/mol. The van der Waals surface area contributed by atoms with Crippen molar-refractivity contribution in [3.63, 3.8) is 0 Å². The Hall–Kier alpha value is -2.19. The predicted octanol–water partition coefficient (Wildman–Crippen LogP) is 1.31. The lowest BCUT2D eigenvalue weighted by Crippen LogP contribution is -2.54. The number of methoxy groups -OCH3 is 3. The van der Waals surface area contributed by atoms with Crippen molar-refractivity contribution in [2.45, 2.75) is 19.4 Å². The fraction of sp³-hybridized carbons (Fsp3) is 0.579. The van der Waals surface area contributed by atoms with Gasteiger partial charge in [0, 0.05) is 50.8 Å². The molecule has 156 valence electrons. The monoisotopic (exact) mass is 413 g/mol. The van der Waals surface area contributed by atoms with E-state index in [0.717, 1.165) is 13.1 Å². The first kappa shape index (κ1) is 22.1. The third-order valence-corrected chi connectivity index (χ3v) is 5.22. The molecule has 2 atom stereocenters. The van der Waals surface area contributed by atoms with Crippen molar-refractivity contribution in [3.05, 3.63) is 12.1 Å². The summed E-state index contributed by atoms with van der Waals surface area (Å²) in [5.74, 6) is 1.06. The molecule has 8 nitrogen and oxygen atoms in total. The molecule has 1 aromatic carbocycles. The molecule has 0 bridgehead atoms. The van der Waals surface area contributed by atoms with Crippen LogP contribution in [0.15, 0.2) is 12.1 Å². The van der Waals surface area contributed by atoms with Crippen LogP contribution in [0, 0.1) is 5.92 Å². The molecule has 0 radical (unpaired) electrons. The molecule has 2 amide bonds. The van der Waals surface area contributed by atoms with Crippen molar-refractivity contribution in [3.8, 4) is 17.2 Å². The Bertz CT molecular complexity index is 705. The van der Waals surface area contributed by atoms with E-state index in [1.54, 1.807) is 17.0 Å². The van der Waals surface area contributed by atoms with Crippen molar-refractivity contribution in [1.82, 2.24) is 10.2 Å². The van der Waals surface area contributed by atoms with Gasteiger partial charge in [-0.3, -0.25) is 9.59 Å². The molecule has 1 N–H and O–H groups in total. The third kappa shape index (κ3) is 4.12. The SMILES string of the molecule is COc1cc(N2CC(C(=O)N3CCNCC3C)CC2=O)cc(OC)c1OC.Cl. The first-order valence-corrected chi connectivity index (χ1v) is 9.11. The molecule has 2 heterocycles. The number of benzene rings is 1. The maximum absolute atomic E-state index is 12.9. The fourth-order valence-corrected chi connectivity index (χ4v) is 3.75. The van der Waals surface area contributed by atoms with E-state index in [0.29, 0.717) is 36.0 Å². The van der Waals surface area contributed by atoms with Crippen LogP contribution in [-0.2, 0) is 9.59 Å². The van der Waals surface area contributed by atoms with Crippen molar-refractivity contribution < 1.29 is 23.8 Å².